The third-order valence-electron chi connectivity index (χ3n) is 2.12. The predicted molar refractivity (Wildman–Crippen MR) is 55.7 cm³/mol. The van der Waals surface area contributed by atoms with Gasteiger partial charge in [-0.25, -0.2) is 4.98 Å². The summed E-state index contributed by atoms with van der Waals surface area (Å²) in [7, 11) is 0. The van der Waals surface area contributed by atoms with E-state index in [0.717, 1.165) is 11.5 Å². The first-order valence-corrected chi connectivity index (χ1v) is 4.60. The van der Waals surface area contributed by atoms with Crippen LogP contribution < -0.4 is 5.32 Å². The quantitative estimate of drug-likeness (QED) is 0.742. The number of nitrogens with one attached hydrogen (secondary N) is 1. The van der Waals surface area contributed by atoms with Gasteiger partial charge in [-0.2, -0.15) is 0 Å². The van der Waals surface area contributed by atoms with E-state index in [1.54, 1.807) is 0 Å². The van der Waals surface area contributed by atoms with E-state index in [1.165, 1.54) is 0 Å². The highest BCUT2D eigenvalue weighted by atomic mass is 16.4. The maximum Gasteiger partial charge on any atom is 0.208 e. The molecule has 1 rings (SSSR count). The standard InChI is InChI=1S/C11H16N2O/c1-6-11(4,5)12-7-10-13-8(2)9(3)14-10/h1,12H,7H2,2-5H3. The van der Waals surface area contributed by atoms with Crippen LogP contribution in [-0.4, -0.2) is 10.5 Å². The molecule has 3 heteroatoms. The van der Waals surface area contributed by atoms with Gasteiger partial charge >= 0.3 is 0 Å². The third kappa shape index (κ3) is 2.61. The molecule has 0 amide bonds. The minimum absolute atomic E-state index is 0.323. The Hall–Kier alpha value is -1.27. The first-order chi connectivity index (χ1) is 6.44. The Kier molecular flexibility index (Phi) is 2.97. The molecule has 0 aliphatic heterocycles. The molecular weight excluding hydrogens is 176 g/mol. The zero-order valence-corrected chi connectivity index (χ0v) is 9.14. The summed E-state index contributed by atoms with van der Waals surface area (Å²) in [5.41, 5.74) is 0.608. The van der Waals surface area contributed by atoms with E-state index >= 15 is 0 Å². The fraction of sp³-hybridized carbons (Fsp3) is 0.545. The van der Waals surface area contributed by atoms with Gasteiger partial charge in [-0.1, -0.05) is 5.92 Å². The summed E-state index contributed by atoms with van der Waals surface area (Å²) in [5.74, 6) is 4.20. The Labute approximate surface area is 84.9 Å². The van der Waals surface area contributed by atoms with E-state index in [0.29, 0.717) is 12.4 Å². The van der Waals surface area contributed by atoms with Crippen LogP contribution in [0.2, 0.25) is 0 Å². The fourth-order valence-electron chi connectivity index (χ4n) is 0.962. The number of nitrogens with zero attached hydrogens (tertiary/aromatic N) is 1. The largest absolute Gasteiger partial charge is 0.444 e. The molecular formula is C11H16N2O. The monoisotopic (exact) mass is 192 g/mol. The zero-order chi connectivity index (χ0) is 10.8. The molecule has 1 aromatic rings. The lowest BCUT2D eigenvalue weighted by Crippen LogP contribution is -2.37. The molecule has 0 saturated carbocycles. The highest BCUT2D eigenvalue weighted by Crippen LogP contribution is 2.09. The topological polar surface area (TPSA) is 38.1 Å². The lowest BCUT2D eigenvalue weighted by molar-refractivity contribution is 0.408. The second-order valence-electron chi connectivity index (χ2n) is 3.87. The molecule has 3 nitrogen and oxygen atoms in total. The second-order valence-corrected chi connectivity index (χ2v) is 3.87. The molecule has 0 bridgehead atoms. The van der Waals surface area contributed by atoms with Gasteiger partial charge in [0.25, 0.3) is 0 Å². The predicted octanol–water partition coefficient (Wildman–Crippen LogP) is 1.79. The fourth-order valence-corrected chi connectivity index (χ4v) is 0.962. The third-order valence-corrected chi connectivity index (χ3v) is 2.12. The van der Waals surface area contributed by atoms with Gasteiger partial charge in [-0.3, -0.25) is 5.32 Å². The Balaban J connectivity index is 2.59. The molecule has 0 atom stereocenters. The van der Waals surface area contributed by atoms with Crippen molar-refractivity contribution in [1.82, 2.24) is 10.3 Å². The Morgan fingerprint density at radius 1 is 1.50 bits per heavy atom. The molecule has 0 aliphatic rings. The number of aryl methyl sites for hydroxylation is 2. The van der Waals surface area contributed by atoms with Gasteiger partial charge in [0.05, 0.1) is 17.8 Å². The van der Waals surface area contributed by atoms with Crippen molar-refractivity contribution in [2.75, 3.05) is 0 Å². The van der Waals surface area contributed by atoms with Crippen molar-refractivity contribution >= 4 is 0 Å². The van der Waals surface area contributed by atoms with Gasteiger partial charge < -0.3 is 4.42 Å². The van der Waals surface area contributed by atoms with Crippen molar-refractivity contribution in [1.29, 1.82) is 0 Å². The zero-order valence-electron chi connectivity index (χ0n) is 9.14. The molecule has 1 heterocycles. The van der Waals surface area contributed by atoms with E-state index in [1.807, 2.05) is 27.7 Å². The van der Waals surface area contributed by atoms with Gasteiger partial charge in [0.2, 0.25) is 5.89 Å². The Bertz CT molecular complexity index is 338. The average Bonchev–Trinajstić information content (AvgIpc) is 2.44. The molecule has 0 spiro atoms. The summed E-state index contributed by atoms with van der Waals surface area (Å²) < 4.78 is 5.41. The average molecular weight is 192 g/mol. The SMILES string of the molecule is C#CC(C)(C)NCc1nc(C)c(C)o1. The van der Waals surface area contributed by atoms with Gasteiger partial charge in [0.15, 0.2) is 0 Å². The van der Waals surface area contributed by atoms with Crippen LogP contribution in [0.25, 0.3) is 0 Å². The summed E-state index contributed by atoms with van der Waals surface area (Å²) in [6.07, 6.45) is 5.34. The normalized spacial score (nSPS) is 11.4. The summed E-state index contributed by atoms with van der Waals surface area (Å²) in [6.45, 7) is 8.27. The van der Waals surface area contributed by atoms with Gasteiger partial charge in [-0.05, 0) is 27.7 Å². The van der Waals surface area contributed by atoms with E-state index < -0.39 is 0 Å². The number of hydrogen-bond donors (Lipinski definition) is 1. The molecule has 0 unspecified atom stereocenters. The summed E-state index contributed by atoms with van der Waals surface area (Å²) in [6, 6.07) is 0. The van der Waals surface area contributed by atoms with Crippen molar-refractivity contribution in [3.63, 3.8) is 0 Å². The van der Waals surface area contributed by atoms with Crippen LogP contribution in [0.1, 0.15) is 31.2 Å². The smallest absolute Gasteiger partial charge is 0.208 e. The highest BCUT2D eigenvalue weighted by molar-refractivity contribution is 5.09. The molecule has 14 heavy (non-hydrogen) atoms. The van der Waals surface area contributed by atoms with Gasteiger partial charge in [-0.15, -0.1) is 6.42 Å². The van der Waals surface area contributed by atoms with Crippen LogP contribution in [-0.2, 0) is 6.54 Å². The first kappa shape index (κ1) is 10.8. The van der Waals surface area contributed by atoms with E-state index in [2.05, 4.69) is 16.2 Å². The van der Waals surface area contributed by atoms with E-state index in [-0.39, 0.29) is 5.54 Å². The van der Waals surface area contributed by atoms with Crippen LogP contribution in [0.5, 0.6) is 0 Å². The maximum atomic E-state index is 5.41. The lowest BCUT2D eigenvalue weighted by Gasteiger charge is -2.17. The molecule has 0 aliphatic carbocycles. The van der Waals surface area contributed by atoms with Crippen molar-refractivity contribution in [3.05, 3.63) is 17.3 Å². The van der Waals surface area contributed by atoms with Crippen molar-refractivity contribution in [2.24, 2.45) is 0 Å². The van der Waals surface area contributed by atoms with Crippen molar-refractivity contribution in [3.8, 4) is 12.3 Å². The van der Waals surface area contributed by atoms with Gasteiger partial charge in [0, 0.05) is 0 Å². The molecule has 0 aromatic carbocycles. The van der Waals surface area contributed by atoms with Crippen LogP contribution in [0, 0.1) is 26.2 Å². The molecule has 0 saturated heterocycles. The van der Waals surface area contributed by atoms with Crippen LogP contribution in [0.15, 0.2) is 4.42 Å². The van der Waals surface area contributed by atoms with Crippen LogP contribution in [0.3, 0.4) is 0 Å². The number of aromatic nitrogens is 1. The number of rotatable bonds is 3. The summed E-state index contributed by atoms with van der Waals surface area (Å²) >= 11 is 0. The number of oxazole rings is 1. The summed E-state index contributed by atoms with van der Waals surface area (Å²) in [5, 5.41) is 3.17. The molecule has 76 valence electrons. The van der Waals surface area contributed by atoms with Crippen LogP contribution >= 0.6 is 0 Å². The number of terminal acetylenes is 1. The molecule has 0 fully saturated rings. The molecule has 1 aromatic heterocycles. The van der Waals surface area contributed by atoms with E-state index in [4.69, 9.17) is 10.8 Å². The van der Waals surface area contributed by atoms with Gasteiger partial charge in [0.1, 0.15) is 5.76 Å². The minimum Gasteiger partial charge on any atom is -0.444 e. The Morgan fingerprint density at radius 2 is 2.14 bits per heavy atom. The summed E-state index contributed by atoms with van der Waals surface area (Å²) in [4.78, 5) is 4.25. The lowest BCUT2D eigenvalue weighted by atomic mass is 10.1. The maximum absolute atomic E-state index is 5.41. The van der Waals surface area contributed by atoms with E-state index in [9.17, 15) is 0 Å². The first-order valence-electron chi connectivity index (χ1n) is 4.60. The van der Waals surface area contributed by atoms with Crippen LogP contribution in [0.4, 0.5) is 0 Å². The molecule has 1 N–H and O–H groups in total. The number of hydrogen-bond acceptors (Lipinski definition) is 3. The van der Waals surface area contributed by atoms with Crippen molar-refractivity contribution < 1.29 is 4.42 Å². The Morgan fingerprint density at radius 3 is 2.57 bits per heavy atom. The molecule has 0 radical (unpaired) electrons. The second kappa shape index (κ2) is 3.85. The highest BCUT2D eigenvalue weighted by Gasteiger charge is 2.14. The van der Waals surface area contributed by atoms with Crippen molar-refractivity contribution in [2.45, 2.75) is 39.8 Å². The minimum atomic E-state index is -0.323.